The number of thiol groups is 1. The van der Waals surface area contributed by atoms with Gasteiger partial charge in [-0.3, -0.25) is 4.79 Å². The van der Waals surface area contributed by atoms with Gasteiger partial charge in [0.05, 0.1) is 0 Å². The van der Waals surface area contributed by atoms with Gasteiger partial charge in [0.1, 0.15) is 4.75 Å². The number of benzene rings is 1. The van der Waals surface area contributed by atoms with Gasteiger partial charge in [-0.1, -0.05) is 43.7 Å². The number of carboxylic acids is 1. The Hall–Kier alpha value is -0.960. The minimum absolute atomic E-state index is 0.537. The molecule has 0 radical (unpaired) electrons. The molecule has 14 heavy (non-hydrogen) atoms. The van der Waals surface area contributed by atoms with Gasteiger partial charge in [0, 0.05) is 0 Å². The van der Waals surface area contributed by atoms with Crippen LogP contribution in [-0.4, -0.2) is 11.1 Å². The number of hydrogen-bond acceptors (Lipinski definition) is 2. The molecule has 1 N–H and O–H groups in total. The Morgan fingerprint density at radius 1 is 1.43 bits per heavy atom. The van der Waals surface area contributed by atoms with Gasteiger partial charge in [0.25, 0.3) is 0 Å². The van der Waals surface area contributed by atoms with Crippen molar-refractivity contribution in [1.82, 2.24) is 0 Å². The third-order valence-electron chi connectivity index (χ3n) is 2.22. The maximum atomic E-state index is 11.1. The van der Waals surface area contributed by atoms with Crippen LogP contribution in [0.3, 0.4) is 0 Å². The first-order valence-electron chi connectivity index (χ1n) is 4.62. The zero-order chi connectivity index (χ0) is 10.6. The predicted octanol–water partition coefficient (Wildman–Crippen LogP) is 2.70. The van der Waals surface area contributed by atoms with Crippen molar-refractivity contribution in [2.24, 2.45) is 0 Å². The molecule has 0 saturated carbocycles. The highest BCUT2D eigenvalue weighted by Gasteiger charge is 2.35. The van der Waals surface area contributed by atoms with Gasteiger partial charge in [0.2, 0.25) is 0 Å². The second kappa shape index (κ2) is 4.51. The van der Waals surface area contributed by atoms with Gasteiger partial charge in [-0.25, -0.2) is 0 Å². The van der Waals surface area contributed by atoms with Crippen LogP contribution in [0.4, 0.5) is 0 Å². The largest absolute Gasteiger partial charge is 0.480 e. The van der Waals surface area contributed by atoms with Crippen LogP contribution >= 0.6 is 12.6 Å². The standard InChI is InChI=1S/C11H14O2S/c1-2-8-11(14,10(12)13)9-6-4-3-5-7-9/h3-7,14H,2,8H2,1H3,(H,12,13). The lowest BCUT2D eigenvalue weighted by Gasteiger charge is -2.23. The lowest BCUT2D eigenvalue weighted by atomic mass is 9.93. The Morgan fingerprint density at radius 3 is 2.43 bits per heavy atom. The molecule has 0 saturated heterocycles. The molecule has 0 spiro atoms. The molecule has 0 heterocycles. The van der Waals surface area contributed by atoms with E-state index in [1.165, 1.54) is 0 Å². The lowest BCUT2D eigenvalue weighted by molar-refractivity contribution is -0.140. The highest BCUT2D eigenvalue weighted by Crippen LogP contribution is 2.33. The summed E-state index contributed by atoms with van der Waals surface area (Å²) in [5.41, 5.74) is 0.748. The Balaban J connectivity index is 3.06. The van der Waals surface area contributed by atoms with E-state index in [9.17, 15) is 4.79 Å². The van der Waals surface area contributed by atoms with Crippen LogP contribution in [0, 0.1) is 0 Å². The first-order valence-corrected chi connectivity index (χ1v) is 5.07. The van der Waals surface area contributed by atoms with Crippen molar-refractivity contribution in [3.63, 3.8) is 0 Å². The molecule has 0 amide bonds. The van der Waals surface area contributed by atoms with Gasteiger partial charge in [0.15, 0.2) is 0 Å². The molecule has 0 aliphatic rings. The van der Waals surface area contributed by atoms with Crippen molar-refractivity contribution in [3.8, 4) is 0 Å². The molecular formula is C11H14O2S. The normalized spacial score (nSPS) is 14.7. The molecule has 0 aliphatic carbocycles. The summed E-state index contributed by atoms with van der Waals surface area (Å²) >= 11 is 4.28. The fourth-order valence-electron chi connectivity index (χ4n) is 1.45. The van der Waals surface area contributed by atoms with Gasteiger partial charge >= 0.3 is 5.97 Å². The summed E-state index contributed by atoms with van der Waals surface area (Å²) in [6, 6.07) is 9.14. The summed E-state index contributed by atoms with van der Waals surface area (Å²) in [7, 11) is 0. The monoisotopic (exact) mass is 210 g/mol. The van der Waals surface area contributed by atoms with Crippen LogP contribution in [0.2, 0.25) is 0 Å². The maximum absolute atomic E-state index is 11.1. The van der Waals surface area contributed by atoms with Crippen molar-refractivity contribution in [1.29, 1.82) is 0 Å². The Labute approximate surface area is 89.4 Å². The second-order valence-electron chi connectivity index (χ2n) is 3.28. The third kappa shape index (κ3) is 2.10. The van der Waals surface area contributed by atoms with E-state index >= 15 is 0 Å². The molecule has 0 aliphatic heterocycles. The van der Waals surface area contributed by atoms with Crippen LogP contribution in [0.5, 0.6) is 0 Å². The summed E-state index contributed by atoms with van der Waals surface area (Å²) in [5, 5.41) is 9.14. The molecule has 0 bridgehead atoms. The van der Waals surface area contributed by atoms with E-state index in [1.54, 1.807) is 12.1 Å². The first-order chi connectivity index (χ1) is 6.61. The van der Waals surface area contributed by atoms with E-state index in [0.29, 0.717) is 6.42 Å². The Kier molecular flexibility index (Phi) is 3.58. The molecular weight excluding hydrogens is 196 g/mol. The molecule has 1 unspecified atom stereocenters. The zero-order valence-electron chi connectivity index (χ0n) is 8.10. The summed E-state index contributed by atoms with van der Waals surface area (Å²) in [6.07, 6.45) is 1.33. The molecule has 1 atom stereocenters. The van der Waals surface area contributed by atoms with Crippen LogP contribution in [0.1, 0.15) is 25.3 Å². The highest BCUT2D eigenvalue weighted by molar-refractivity contribution is 7.82. The summed E-state index contributed by atoms with van der Waals surface area (Å²) < 4.78 is -1.05. The van der Waals surface area contributed by atoms with Crippen LogP contribution in [0.25, 0.3) is 0 Å². The SMILES string of the molecule is CCCC(S)(C(=O)O)c1ccccc1. The number of carbonyl (C=O) groups is 1. The second-order valence-corrected chi connectivity index (χ2v) is 4.04. The molecule has 0 fully saturated rings. The third-order valence-corrected chi connectivity index (χ3v) is 2.89. The molecule has 1 rings (SSSR count). The zero-order valence-corrected chi connectivity index (χ0v) is 9.00. The molecule has 1 aromatic rings. The van der Waals surface area contributed by atoms with Crippen molar-refractivity contribution < 1.29 is 9.90 Å². The van der Waals surface area contributed by atoms with Crippen molar-refractivity contribution in [3.05, 3.63) is 35.9 Å². The highest BCUT2D eigenvalue weighted by atomic mass is 32.1. The van der Waals surface area contributed by atoms with Crippen LogP contribution in [0.15, 0.2) is 30.3 Å². The van der Waals surface area contributed by atoms with Crippen molar-refractivity contribution in [2.75, 3.05) is 0 Å². The maximum Gasteiger partial charge on any atom is 0.324 e. The topological polar surface area (TPSA) is 37.3 Å². The number of aliphatic carboxylic acids is 1. The molecule has 3 heteroatoms. The quantitative estimate of drug-likeness (QED) is 0.750. The molecule has 2 nitrogen and oxygen atoms in total. The van der Waals surface area contributed by atoms with E-state index in [1.807, 2.05) is 25.1 Å². The van der Waals surface area contributed by atoms with Gasteiger partial charge < -0.3 is 5.11 Å². The molecule has 76 valence electrons. The fraction of sp³-hybridized carbons (Fsp3) is 0.364. The van der Waals surface area contributed by atoms with E-state index in [0.717, 1.165) is 12.0 Å². The van der Waals surface area contributed by atoms with E-state index in [4.69, 9.17) is 5.11 Å². The van der Waals surface area contributed by atoms with Crippen molar-refractivity contribution >= 4 is 18.6 Å². The van der Waals surface area contributed by atoms with E-state index < -0.39 is 10.7 Å². The Bertz CT molecular complexity index is 310. The molecule has 1 aromatic carbocycles. The summed E-state index contributed by atoms with van der Waals surface area (Å²) in [5.74, 6) is -0.881. The summed E-state index contributed by atoms with van der Waals surface area (Å²) in [4.78, 5) is 11.1. The van der Waals surface area contributed by atoms with Gasteiger partial charge in [-0.05, 0) is 12.0 Å². The van der Waals surface area contributed by atoms with E-state index in [2.05, 4.69) is 12.6 Å². The molecule has 0 aromatic heterocycles. The lowest BCUT2D eigenvalue weighted by Crippen LogP contribution is -2.29. The summed E-state index contributed by atoms with van der Waals surface area (Å²) in [6.45, 7) is 1.96. The number of hydrogen-bond donors (Lipinski definition) is 2. The van der Waals surface area contributed by atoms with Crippen molar-refractivity contribution in [2.45, 2.75) is 24.5 Å². The average molecular weight is 210 g/mol. The first kappa shape index (κ1) is 11.1. The smallest absolute Gasteiger partial charge is 0.324 e. The number of rotatable bonds is 4. The van der Waals surface area contributed by atoms with Crippen LogP contribution in [-0.2, 0) is 9.54 Å². The Morgan fingerprint density at radius 2 is 2.00 bits per heavy atom. The van der Waals surface area contributed by atoms with Gasteiger partial charge in [-0.15, -0.1) is 0 Å². The fourth-order valence-corrected chi connectivity index (χ4v) is 1.82. The minimum atomic E-state index is -1.05. The average Bonchev–Trinajstić information content (AvgIpc) is 2.19. The van der Waals surface area contributed by atoms with Crippen LogP contribution < -0.4 is 0 Å². The predicted molar refractivity (Wildman–Crippen MR) is 59.6 cm³/mol. The van der Waals surface area contributed by atoms with Gasteiger partial charge in [-0.2, -0.15) is 12.6 Å². The minimum Gasteiger partial charge on any atom is -0.480 e. The van der Waals surface area contributed by atoms with E-state index in [-0.39, 0.29) is 0 Å². The number of carboxylic acid groups (broad SMARTS) is 1.